The highest BCUT2D eigenvalue weighted by Crippen LogP contribution is 1.98. The van der Waals surface area contributed by atoms with Crippen molar-refractivity contribution in [3.8, 4) is 0 Å². The molecule has 0 aliphatic rings. The first-order valence-electron chi connectivity index (χ1n) is 5.22. The summed E-state index contributed by atoms with van der Waals surface area (Å²) >= 11 is 0. The first-order valence-corrected chi connectivity index (χ1v) is 5.22. The van der Waals surface area contributed by atoms with E-state index in [1.807, 2.05) is 5.43 Å². The molecule has 0 aliphatic heterocycles. The Morgan fingerprint density at radius 3 is 1.82 bits per heavy atom. The Kier molecular flexibility index (Phi) is 6.01. The molecule has 0 atom stereocenters. The van der Waals surface area contributed by atoms with Crippen molar-refractivity contribution in [2.75, 3.05) is 0 Å². The van der Waals surface area contributed by atoms with Crippen LogP contribution >= 0.6 is 0 Å². The van der Waals surface area contributed by atoms with Crippen LogP contribution in [0.25, 0.3) is 0 Å². The van der Waals surface area contributed by atoms with Gasteiger partial charge in [-0.15, -0.1) is 5.01 Å². The third kappa shape index (κ3) is 6.39. The molecule has 0 heterocycles. The van der Waals surface area contributed by atoms with Crippen LogP contribution in [0, 0.1) is 0 Å². The largest absolute Gasteiger partial charge is 0.446 e. The van der Waals surface area contributed by atoms with E-state index in [1.54, 1.807) is 27.7 Å². The van der Waals surface area contributed by atoms with Crippen LogP contribution in [-0.4, -0.2) is 35.3 Å². The van der Waals surface area contributed by atoms with Crippen molar-refractivity contribution in [3.63, 3.8) is 0 Å². The molecule has 0 aromatic rings. The van der Waals surface area contributed by atoms with Crippen LogP contribution in [0.4, 0.5) is 9.59 Å². The minimum atomic E-state index is -0.951. The van der Waals surface area contributed by atoms with Crippen LogP contribution in [0.2, 0.25) is 0 Å². The van der Waals surface area contributed by atoms with Gasteiger partial charge in [0.1, 0.15) is 0 Å². The van der Waals surface area contributed by atoms with Gasteiger partial charge in [0.2, 0.25) is 5.91 Å². The summed E-state index contributed by atoms with van der Waals surface area (Å²) in [5, 5.41) is 0.463. The fourth-order valence-electron chi connectivity index (χ4n) is 0.839. The van der Waals surface area contributed by atoms with Crippen molar-refractivity contribution in [3.05, 3.63) is 0 Å². The topological polar surface area (TPSA) is 84.9 Å². The predicted octanol–water partition coefficient (Wildman–Crippen LogP) is 1.43. The summed E-state index contributed by atoms with van der Waals surface area (Å²) in [6, 6.07) is 0. The van der Waals surface area contributed by atoms with Gasteiger partial charge in [0.05, 0.1) is 12.2 Å². The fraction of sp³-hybridized carbons (Fsp3) is 0.700. The summed E-state index contributed by atoms with van der Waals surface area (Å²) < 4.78 is 9.51. The maximum Gasteiger partial charge on any atom is 0.436 e. The molecule has 0 bridgehead atoms. The Hall–Kier alpha value is -1.79. The molecule has 0 saturated carbocycles. The maximum atomic E-state index is 11.4. The van der Waals surface area contributed by atoms with Gasteiger partial charge in [-0.25, -0.2) is 15.0 Å². The van der Waals surface area contributed by atoms with Crippen LogP contribution in [0.15, 0.2) is 0 Å². The monoisotopic (exact) mass is 246 g/mol. The normalized spacial score (nSPS) is 10.1. The number of nitrogens with one attached hydrogen (secondary N) is 1. The van der Waals surface area contributed by atoms with Gasteiger partial charge in [-0.2, -0.15) is 0 Å². The first kappa shape index (κ1) is 15.2. The van der Waals surface area contributed by atoms with Gasteiger partial charge >= 0.3 is 12.2 Å². The van der Waals surface area contributed by atoms with Crippen molar-refractivity contribution < 1.29 is 23.9 Å². The van der Waals surface area contributed by atoms with E-state index in [0.717, 1.165) is 6.92 Å². The number of hydrogen-bond donors (Lipinski definition) is 1. The van der Waals surface area contributed by atoms with E-state index in [4.69, 9.17) is 9.47 Å². The zero-order chi connectivity index (χ0) is 13.6. The van der Waals surface area contributed by atoms with E-state index in [-0.39, 0.29) is 6.10 Å². The smallest absolute Gasteiger partial charge is 0.436 e. The molecule has 1 N–H and O–H groups in total. The summed E-state index contributed by atoms with van der Waals surface area (Å²) in [6.45, 7) is 7.66. The molecule has 0 radical (unpaired) electrons. The lowest BCUT2D eigenvalue weighted by atomic mass is 10.5. The van der Waals surface area contributed by atoms with Gasteiger partial charge in [0.15, 0.2) is 0 Å². The van der Waals surface area contributed by atoms with Crippen molar-refractivity contribution in [1.29, 1.82) is 0 Å². The van der Waals surface area contributed by atoms with E-state index in [9.17, 15) is 14.4 Å². The number of amides is 3. The van der Waals surface area contributed by atoms with Gasteiger partial charge in [0.25, 0.3) is 0 Å². The second-order valence-electron chi connectivity index (χ2n) is 3.85. The zero-order valence-electron chi connectivity index (χ0n) is 10.6. The lowest BCUT2D eigenvalue weighted by Gasteiger charge is -2.20. The number of hydrogen-bond acceptors (Lipinski definition) is 5. The number of carbonyl (C=O) groups is 3. The second kappa shape index (κ2) is 6.72. The van der Waals surface area contributed by atoms with E-state index in [1.165, 1.54) is 0 Å². The lowest BCUT2D eigenvalue weighted by molar-refractivity contribution is -0.129. The van der Waals surface area contributed by atoms with E-state index in [0.29, 0.717) is 5.01 Å². The molecule has 0 fully saturated rings. The minimum Gasteiger partial charge on any atom is -0.446 e. The summed E-state index contributed by atoms with van der Waals surface area (Å²) in [5.74, 6) is -0.670. The van der Waals surface area contributed by atoms with Crippen molar-refractivity contribution in [2.24, 2.45) is 0 Å². The van der Waals surface area contributed by atoms with Crippen LogP contribution in [0.5, 0.6) is 0 Å². The van der Waals surface area contributed by atoms with Crippen molar-refractivity contribution in [1.82, 2.24) is 10.4 Å². The van der Waals surface area contributed by atoms with E-state index in [2.05, 4.69) is 0 Å². The number of carbonyl (C=O) groups excluding carboxylic acids is 3. The number of rotatable bonds is 2. The Labute approximate surface area is 100 Å². The summed E-state index contributed by atoms with van der Waals surface area (Å²) in [5.41, 5.74) is 2.00. The predicted molar refractivity (Wildman–Crippen MR) is 58.9 cm³/mol. The van der Waals surface area contributed by atoms with Crippen LogP contribution in [-0.2, 0) is 14.3 Å². The van der Waals surface area contributed by atoms with E-state index < -0.39 is 24.2 Å². The molecule has 3 amide bonds. The van der Waals surface area contributed by atoms with E-state index >= 15 is 0 Å². The summed E-state index contributed by atoms with van der Waals surface area (Å²) in [4.78, 5) is 33.8. The fourth-order valence-corrected chi connectivity index (χ4v) is 0.839. The van der Waals surface area contributed by atoms with Crippen LogP contribution < -0.4 is 5.43 Å². The molecule has 0 aliphatic carbocycles. The third-order valence-electron chi connectivity index (χ3n) is 1.38. The second-order valence-corrected chi connectivity index (χ2v) is 3.85. The Balaban J connectivity index is 4.49. The highest BCUT2D eigenvalue weighted by molar-refractivity contribution is 5.92. The highest BCUT2D eigenvalue weighted by atomic mass is 16.6. The van der Waals surface area contributed by atoms with Gasteiger partial charge in [-0.05, 0) is 27.7 Å². The molecular formula is C10H18N2O5. The standard InChI is InChI=1S/C10H18N2O5/c1-6(2)16-9(14)11-12(8(5)13)10(15)17-7(3)4/h6-7H,1-5H3,(H,11,14). The van der Waals surface area contributed by atoms with Gasteiger partial charge in [-0.1, -0.05) is 0 Å². The molecule has 98 valence electrons. The summed E-state index contributed by atoms with van der Waals surface area (Å²) in [7, 11) is 0. The summed E-state index contributed by atoms with van der Waals surface area (Å²) in [6.07, 6.45) is -2.60. The SMILES string of the molecule is CC(=O)N(NC(=O)OC(C)C)C(=O)OC(C)C. The molecule has 0 rings (SSSR count). The van der Waals surface area contributed by atoms with Gasteiger partial charge in [-0.3, -0.25) is 4.79 Å². The number of hydrazine groups is 1. The van der Waals surface area contributed by atoms with Crippen molar-refractivity contribution >= 4 is 18.1 Å². The molecule has 0 unspecified atom stereocenters. The molecule has 7 nitrogen and oxygen atoms in total. The Morgan fingerprint density at radius 1 is 1.00 bits per heavy atom. The third-order valence-corrected chi connectivity index (χ3v) is 1.38. The molecular weight excluding hydrogens is 228 g/mol. The van der Waals surface area contributed by atoms with Crippen LogP contribution in [0.3, 0.4) is 0 Å². The molecule has 0 spiro atoms. The maximum absolute atomic E-state index is 11.4. The zero-order valence-corrected chi connectivity index (χ0v) is 10.6. The van der Waals surface area contributed by atoms with Gasteiger partial charge < -0.3 is 9.47 Å². The highest BCUT2D eigenvalue weighted by Gasteiger charge is 2.23. The molecule has 0 aromatic carbocycles. The number of ether oxygens (including phenoxy) is 2. The Morgan fingerprint density at radius 2 is 1.47 bits per heavy atom. The lowest BCUT2D eigenvalue weighted by Crippen LogP contribution is -2.50. The first-order chi connectivity index (χ1) is 7.73. The van der Waals surface area contributed by atoms with Gasteiger partial charge in [0, 0.05) is 6.92 Å². The minimum absolute atomic E-state index is 0.357. The van der Waals surface area contributed by atoms with Crippen LogP contribution in [0.1, 0.15) is 34.6 Å². The molecule has 17 heavy (non-hydrogen) atoms. The van der Waals surface area contributed by atoms with Crippen molar-refractivity contribution in [2.45, 2.75) is 46.8 Å². The average Bonchev–Trinajstić information content (AvgIpc) is 2.10. The average molecular weight is 246 g/mol. The number of imide groups is 1. The molecule has 0 saturated heterocycles. The quantitative estimate of drug-likeness (QED) is 0.745. The molecule has 7 heteroatoms. The molecule has 0 aromatic heterocycles. The number of nitrogens with zero attached hydrogens (tertiary/aromatic N) is 1. The Bertz CT molecular complexity index is 301.